The summed E-state index contributed by atoms with van der Waals surface area (Å²) < 4.78 is 42.0. The number of aromatic nitrogens is 1. The molecule has 1 heterocycles. The molecule has 0 fully saturated rings. The van der Waals surface area contributed by atoms with E-state index in [-0.39, 0.29) is 16.2 Å². The first kappa shape index (κ1) is 22.5. The summed E-state index contributed by atoms with van der Waals surface area (Å²) in [5, 5.41) is 5.06. The van der Waals surface area contributed by atoms with Crippen LogP contribution in [-0.4, -0.2) is 32.4 Å². The third-order valence-corrected chi connectivity index (χ3v) is 6.83. The lowest BCUT2D eigenvalue weighted by molar-refractivity contribution is 0.400. The number of nitrogens with zero attached hydrogens (tertiary/aromatic N) is 2. The summed E-state index contributed by atoms with van der Waals surface area (Å²) >= 11 is 7.40. The Morgan fingerprint density at radius 1 is 1.27 bits per heavy atom. The number of hydrogen-bond donors (Lipinski definition) is 2. The number of benzene rings is 2. The fourth-order valence-corrected chi connectivity index (χ4v) is 5.20. The normalized spacial score (nSPS) is 12.7. The molecule has 2 aromatic carbocycles. The number of nitrogens with one attached hydrogen (secondary N) is 2. The highest BCUT2D eigenvalue weighted by Crippen LogP contribution is 2.32. The van der Waals surface area contributed by atoms with Gasteiger partial charge in [-0.2, -0.15) is 0 Å². The molecule has 30 heavy (non-hydrogen) atoms. The standard InChI is InChI=1S/C20H22ClFN4O2S2/c1-13(15-7-5-4-6-14(15)12-26(2)3)24-18-11-17(22)19(10-16(18)21)30(27,28)25-20-23-8-9-29-20/h4-11,13,24H,12H2,1-3H3,(H,23,25)/t13-/m0/s1. The molecule has 3 aromatic rings. The van der Waals surface area contributed by atoms with Crippen molar-refractivity contribution in [3.05, 3.63) is 69.9 Å². The second-order valence-corrected chi connectivity index (χ2v) is 9.96. The van der Waals surface area contributed by atoms with Gasteiger partial charge in [0.1, 0.15) is 10.7 Å². The van der Waals surface area contributed by atoms with Crippen LogP contribution in [0.3, 0.4) is 0 Å². The van der Waals surface area contributed by atoms with Gasteiger partial charge in [0.15, 0.2) is 5.13 Å². The van der Waals surface area contributed by atoms with Crippen LogP contribution in [0.25, 0.3) is 0 Å². The van der Waals surface area contributed by atoms with Gasteiger partial charge in [-0.3, -0.25) is 4.72 Å². The summed E-state index contributed by atoms with van der Waals surface area (Å²) in [5.41, 5.74) is 2.49. The SMILES string of the molecule is C[C@H](Nc1cc(F)c(S(=O)(=O)Nc2nccs2)cc1Cl)c1ccccc1CN(C)C. The summed E-state index contributed by atoms with van der Waals surface area (Å²) in [7, 11) is -0.177. The van der Waals surface area contributed by atoms with E-state index in [0.717, 1.165) is 41.1 Å². The first-order chi connectivity index (χ1) is 14.2. The summed E-state index contributed by atoms with van der Waals surface area (Å²) in [6, 6.07) is 9.98. The number of halogens is 2. The van der Waals surface area contributed by atoms with Crippen molar-refractivity contribution in [3.8, 4) is 0 Å². The maximum Gasteiger partial charge on any atom is 0.266 e. The molecule has 0 spiro atoms. The van der Waals surface area contributed by atoms with E-state index in [9.17, 15) is 12.8 Å². The molecule has 0 bridgehead atoms. The van der Waals surface area contributed by atoms with Gasteiger partial charge in [0.2, 0.25) is 0 Å². The third kappa shape index (κ3) is 5.28. The molecule has 0 aliphatic carbocycles. The Labute approximate surface area is 184 Å². The van der Waals surface area contributed by atoms with Crippen molar-refractivity contribution < 1.29 is 12.8 Å². The van der Waals surface area contributed by atoms with Crippen molar-refractivity contribution in [1.82, 2.24) is 9.88 Å². The van der Waals surface area contributed by atoms with Gasteiger partial charge in [0.25, 0.3) is 10.0 Å². The highest BCUT2D eigenvalue weighted by Gasteiger charge is 2.23. The van der Waals surface area contributed by atoms with E-state index < -0.39 is 20.7 Å². The van der Waals surface area contributed by atoms with Gasteiger partial charge in [-0.05, 0) is 44.3 Å². The minimum atomic E-state index is -4.15. The van der Waals surface area contributed by atoms with Crippen LogP contribution in [0.2, 0.25) is 5.02 Å². The van der Waals surface area contributed by atoms with Gasteiger partial charge in [-0.15, -0.1) is 11.3 Å². The highest BCUT2D eigenvalue weighted by molar-refractivity contribution is 7.93. The second-order valence-electron chi connectivity index (χ2n) is 7.01. The van der Waals surface area contributed by atoms with Gasteiger partial charge < -0.3 is 10.2 Å². The van der Waals surface area contributed by atoms with Gasteiger partial charge in [-0.25, -0.2) is 17.8 Å². The van der Waals surface area contributed by atoms with E-state index in [0.29, 0.717) is 5.69 Å². The van der Waals surface area contributed by atoms with Gasteiger partial charge in [0.05, 0.1) is 10.7 Å². The average Bonchev–Trinajstić information content (AvgIpc) is 3.16. The predicted molar refractivity (Wildman–Crippen MR) is 120 cm³/mol. The van der Waals surface area contributed by atoms with Crippen LogP contribution >= 0.6 is 22.9 Å². The minimum Gasteiger partial charge on any atom is -0.377 e. The average molecular weight is 469 g/mol. The first-order valence-corrected chi connectivity index (χ1v) is 11.8. The monoisotopic (exact) mass is 468 g/mol. The van der Waals surface area contributed by atoms with Gasteiger partial charge in [-0.1, -0.05) is 35.9 Å². The van der Waals surface area contributed by atoms with Crippen LogP contribution in [0.15, 0.2) is 52.9 Å². The number of rotatable bonds is 8. The quantitative estimate of drug-likeness (QED) is 0.488. The van der Waals surface area contributed by atoms with E-state index in [1.807, 2.05) is 45.3 Å². The van der Waals surface area contributed by atoms with Crippen molar-refractivity contribution >= 4 is 43.8 Å². The lowest BCUT2D eigenvalue weighted by Gasteiger charge is -2.22. The fraction of sp³-hybridized carbons (Fsp3) is 0.250. The van der Waals surface area contributed by atoms with Crippen LogP contribution in [0.1, 0.15) is 24.1 Å². The molecule has 3 rings (SSSR count). The Balaban J connectivity index is 1.86. The largest absolute Gasteiger partial charge is 0.377 e. The van der Waals surface area contributed by atoms with Crippen LogP contribution in [-0.2, 0) is 16.6 Å². The molecule has 0 unspecified atom stereocenters. The number of sulfonamides is 1. The first-order valence-electron chi connectivity index (χ1n) is 9.08. The lowest BCUT2D eigenvalue weighted by Crippen LogP contribution is -2.17. The molecule has 0 amide bonds. The molecule has 0 saturated heterocycles. The van der Waals surface area contributed by atoms with E-state index >= 15 is 0 Å². The zero-order valence-electron chi connectivity index (χ0n) is 16.7. The predicted octanol–water partition coefficient (Wildman–Crippen LogP) is 4.97. The van der Waals surface area contributed by atoms with Crippen LogP contribution in [0.4, 0.5) is 15.2 Å². The highest BCUT2D eigenvalue weighted by atomic mass is 35.5. The summed E-state index contributed by atoms with van der Waals surface area (Å²) in [6.45, 7) is 2.70. The van der Waals surface area contributed by atoms with Crippen molar-refractivity contribution in [1.29, 1.82) is 0 Å². The molecule has 160 valence electrons. The Bertz CT molecular complexity index is 1120. The molecular weight excluding hydrogens is 447 g/mol. The molecule has 6 nitrogen and oxygen atoms in total. The summed E-state index contributed by atoms with van der Waals surface area (Å²) in [5.74, 6) is -0.903. The van der Waals surface area contributed by atoms with Crippen LogP contribution in [0.5, 0.6) is 0 Å². The minimum absolute atomic E-state index is 0.104. The molecule has 1 aromatic heterocycles. The Hall–Kier alpha value is -2.20. The van der Waals surface area contributed by atoms with Crippen molar-refractivity contribution in [2.45, 2.75) is 24.4 Å². The Morgan fingerprint density at radius 2 is 2.00 bits per heavy atom. The summed E-state index contributed by atoms with van der Waals surface area (Å²) in [4.78, 5) is 5.38. The van der Waals surface area contributed by atoms with E-state index in [1.165, 1.54) is 6.20 Å². The maximum absolute atomic E-state index is 14.7. The van der Waals surface area contributed by atoms with Crippen LogP contribution in [0, 0.1) is 5.82 Å². The molecule has 1 atom stereocenters. The summed E-state index contributed by atoms with van der Waals surface area (Å²) in [6.07, 6.45) is 1.45. The molecule has 0 aliphatic rings. The van der Waals surface area contributed by atoms with E-state index in [4.69, 9.17) is 11.6 Å². The van der Waals surface area contributed by atoms with Gasteiger partial charge in [0, 0.05) is 24.2 Å². The molecule has 10 heteroatoms. The van der Waals surface area contributed by atoms with Crippen molar-refractivity contribution in [2.24, 2.45) is 0 Å². The van der Waals surface area contributed by atoms with E-state index in [2.05, 4.69) is 19.9 Å². The van der Waals surface area contributed by atoms with Crippen molar-refractivity contribution in [2.75, 3.05) is 24.1 Å². The van der Waals surface area contributed by atoms with Crippen LogP contribution < -0.4 is 10.0 Å². The molecule has 2 N–H and O–H groups in total. The Kier molecular flexibility index (Phi) is 6.97. The van der Waals surface area contributed by atoms with E-state index in [1.54, 1.807) is 5.38 Å². The smallest absolute Gasteiger partial charge is 0.266 e. The molecular formula is C20H22ClFN4O2S2. The number of hydrogen-bond acceptors (Lipinski definition) is 6. The zero-order chi connectivity index (χ0) is 21.9. The fourth-order valence-electron chi connectivity index (χ4n) is 3.04. The molecule has 0 saturated carbocycles. The lowest BCUT2D eigenvalue weighted by atomic mass is 10.0. The number of thiazole rings is 1. The number of anilines is 2. The zero-order valence-corrected chi connectivity index (χ0v) is 19.1. The molecule has 0 aliphatic heterocycles. The van der Waals surface area contributed by atoms with Gasteiger partial charge >= 0.3 is 0 Å². The third-order valence-electron chi connectivity index (χ3n) is 4.35. The second kappa shape index (κ2) is 9.30. The molecule has 0 radical (unpaired) electrons. The van der Waals surface area contributed by atoms with Crippen molar-refractivity contribution in [3.63, 3.8) is 0 Å². The topological polar surface area (TPSA) is 74.3 Å². The Morgan fingerprint density at radius 3 is 2.67 bits per heavy atom. The maximum atomic E-state index is 14.7.